The van der Waals surface area contributed by atoms with E-state index in [4.69, 9.17) is 22.3 Å². The summed E-state index contributed by atoms with van der Waals surface area (Å²) in [6.07, 6.45) is 0.392. The van der Waals surface area contributed by atoms with E-state index in [1.54, 1.807) is 12.1 Å². The summed E-state index contributed by atoms with van der Waals surface area (Å²) in [5.74, 6) is -0.116. The topological polar surface area (TPSA) is 78.0 Å². The Bertz CT molecular complexity index is 1250. The number of carbonyl (C=O) groups is 1. The summed E-state index contributed by atoms with van der Waals surface area (Å²) in [6, 6.07) is 15.9. The van der Waals surface area contributed by atoms with Crippen molar-refractivity contribution in [3.8, 4) is 22.5 Å². The highest BCUT2D eigenvalue weighted by Crippen LogP contribution is 2.33. The number of fused-ring (bicyclic) bond motifs is 1. The SMILES string of the molecule is CCC(C(N)=O)n1c(-c2ccccc2)nc2scc(-c3ccc(Cl)cc3)c2c1=O. The van der Waals surface area contributed by atoms with E-state index < -0.39 is 11.9 Å². The van der Waals surface area contributed by atoms with Gasteiger partial charge >= 0.3 is 0 Å². The molecule has 0 aliphatic heterocycles. The monoisotopic (exact) mass is 423 g/mol. The number of aromatic nitrogens is 2. The summed E-state index contributed by atoms with van der Waals surface area (Å²) >= 11 is 7.40. The first kappa shape index (κ1) is 19.4. The van der Waals surface area contributed by atoms with Crippen LogP contribution in [0.15, 0.2) is 64.8 Å². The number of thiophene rings is 1. The van der Waals surface area contributed by atoms with E-state index in [1.165, 1.54) is 15.9 Å². The minimum atomic E-state index is -0.785. The molecule has 0 bridgehead atoms. The van der Waals surface area contributed by atoms with Gasteiger partial charge in [-0.3, -0.25) is 14.2 Å². The quantitative estimate of drug-likeness (QED) is 0.496. The van der Waals surface area contributed by atoms with E-state index in [0.29, 0.717) is 27.5 Å². The number of carbonyl (C=O) groups excluding carboxylic acids is 1. The van der Waals surface area contributed by atoms with E-state index in [0.717, 1.165) is 16.7 Å². The van der Waals surface area contributed by atoms with E-state index >= 15 is 0 Å². The molecule has 4 aromatic rings. The Hall–Kier alpha value is -2.96. The number of halogens is 1. The second-order valence-electron chi connectivity index (χ2n) is 6.64. The Kier molecular flexibility index (Phi) is 5.22. The summed E-state index contributed by atoms with van der Waals surface area (Å²) in [5, 5.41) is 3.01. The standard InChI is InChI=1S/C22H18ClN3O2S/c1-2-17(19(24)27)26-20(14-6-4-3-5-7-14)25-21-18(22(26)28)16(12-29-21)13-8-10-15(23)11-9-13/h3-12,17H,2H2,1H3,(H2,24,27). The number of nitrogens with two attached hydrogens (primary N) is 1. The molecule has 1 atom stereocenters. The smallest absolute Gasteiger partial charge is 0.263 e. The van der Waals surface area contributed by atoms with Crippen molar-refractivity contribution in [2.24, 2.45) is 5.73 Å². The minimum absolute atomic E-state index is 0.272. The van der Waals surface area contributed by atoms with Crippen LogP contribution in [0.2, 0.25) is 5.02 Å². The molecule has 2 N–H and O–H groups in total. The Morgan fingerprint density at radius 1 is 1.14 bits per heavy atom. The lowest BCUT2D eigenvalue weighted by Gasteiger charge is -2.19. The molecule has 29 heavy (non-hydrogen) atoms. The van der Waals surface area contributed by atoms with E-state index in [9.17, 15) is 9.59 Å². The molecular formula is C22H18ClN3O2S. The van der Waals surface area contributed by atoms with Crippen LogP contribution in [0.4, 0.5) is 0 Å². The first-order valence-corrected chi connectivity index (χ1v) is 10.4. The molecule has 0 saturated carbocycles. The Morgan fingerprint density at radius 2 is 1.83 bits per heavy atom. The molecule has 2 aromatic carbocycles. The van der Waals surface area contributed by atoms with Crippen LogP contribution in [0.25, 0.3) is 32.7 Å². The molecular weight excluding hydrogens is 406 g/mol. The van der Waals surface area contributed by atoms with Crippen molar-refractivity contribution in [3.05, 3.63) is 75.4 Å². The summed E-state index contributed by atoms with van der Waals surface area (Å²) < 4.78 is 1.44. The van der Waals surface area contributed by atoms with Gasteiger partial charge < -0.3 is 5.73 Å². The fourth-order valence-corrected chi connectivity index (χ4v) is 4.50. The highest BCUT2D eigenvalue weighted by Gasteiger charge is 2.25. The molecule has 2 aromatic heterocycles. The zero-order valence-electron chi connectivity index (χ0n) is 15.6. The van der Waals surface area contributed by atoms with Gasteiger partial charge in [0.15, 0.2) is 0 Å². The minimum Gasteiger partial charge on any atom is -0.368 e. The van der Waals surface area contributed by atoms with Gasteiger partial charge in [0, 0.05) is 21.5 Å². The lowest BCUT2D eigenvalue weighted by Crippen LogP contribution is -2.35. The first-order chi connectivity index (χ1) is 14.0. The summed E-state index contributed by atoms with van der Waals surface area (Å²) in [4.78, 5) is 31.2. The normalized spacial score (nSPS) is 12.2. The molecule has 4 rings (SSSR count). The second kappa shape index (κ2) is 7.81. The fraction of sp³-hybridized carbons (Fsp3) is 0.136. The van der Waals surface area contributed by atoms with Crippen LogP contribution in [0, 0.1) is 0 Å². The molecule has 146 valence electrons. The Morgan fingerprint density at radius 3 is 2.45 bits per heavy atom. The average Bonchev–Trinajstić information content (AvgIpc) is 3.15. The van der Waals surface area contributed by atoms with Crippen molar-refractivity contribution in [2.45, 2.75) is 19.4 Å². The summed E-state index contributed by atoms with van der Waals surface area (Å²) in [7, 11) is 0. The number of hydrogen-bond acceptors (Lipinski definition) is 4. The van der Waals surface area contributed by atoms with Crippen molar-refractivity contribution >= 4 is 39.1 Å². The van der Waals surface area contributed by atoms with E-state index in [1.807, 2.05) is 54.8 Å². The maximum atomic E-state index is 13.6. The first-order valence-electron chi connectivity index (χ1n) is 9.15. The Balaban J connectivity index is 2.06. The van der Waals surface area contributed by atoms with Crippen LogP contribution >= 0.6 is 22.9 Å². The number of nitrogens with zero attached hydrogens (tertiary/aromatic N) is 2. The van der Waals surface area contributed by atoms with Crippen LogP contribution in [0.1, 0.15) is 19.4 Å². The third-order valence-electron chi connectivity index (χ3n) is 4.85. The van der Waals surface area contributed by atoms with Gasteiger partial charge in [0.25, 0.3) is 5.56 Å². The number of hydrogen-bond donors (Lipinski definition) is 1. The van der Waals surface area contributed by atoms with Gasteiger partial charge in [-0.2, -0.15) is 0 Å². The van der Waals surface area contributed by atoms with Crippen molar-refractivity contribution in [1.82, 2.24) is 9.55 Å². The van der Waals surface area contributed by atoms with Gasteiger partial charge in [0.1, 0.15) is 16.7 Å². The zero-order chi connectivity index (χ0) is 20.5. The van der Waals surface area contributed by atoms with Crippen LogP contribution in [-0.2, 0) is 4.79 Å². The van der Waals surface area contributed by atoms with Crippen molar-refractivity contribution in [1.29, 1.82) is 0 Å². The van der Waals surface area contributed by atoms with Crippen LogP contribution < -0.4 is 11.3 Å². The molecule has 0 fully saturated rings. The average molecular weight is 424 g/mol. The molecule has 0 saturated heterocycles. The van der Waals surface area contributed by atoms with Crippen molar-refractivity contribution in [3.63, 3.8) is 0 Å². The van der Waals surface area contributed by atoms with Crippen LogP contribution in [0.5, 0.6) is 0 Å². The maximum absolute atomic E-state index is 13.6. The molecule has 1 unspecified atom stereocenters. The predicted molar refractivity (Wildman–Crippen MR) is 118 cm³/mol. The third-order valence-corrected chi connectivity index (χ3v) is 5.98. The van der Waals surface area contributed by atoms with Crippen LogP contribution in [-0.4, -0.2) is 15.5 Å². The maximum Gasteiger partial charge on any atom is 0.263 e. The number of benzene rings is 2. The number of primary amides is 1. The Labute approximate surface area is 176 Å². The predicted octanol–water partition coefficient (Wildman–Crippen LogP) is 4.88. The number of rotatable bonds is 5. The molecule has 0 aliphatic rings. The molecule has 5 nitrogen and oxygen atoms in total. The van der Waals surface area contributed by atoms with Crippen molar-refractivity contribution < 1.29 is 4.79 Å². The van der Waals surface area contributed by atoms with Gasteiger partial charge in [-0.05, 0) is 24.1 Å². The van der Waals surface area contributed by atoms with Gasteiger partial charge in [-0.15, -0.1) is 11.3 Å². The molecule has 0 spiro atoms. The molecule has 2 heterocycles. The molecule has 7 heteroatoms. The molecule has 1 amide bonds. The van der Waals surface area contributed by atoms with Crippen LogP contribution in [0.3, 0.4) is 0 Å². The highest BCUT2D eigenvalue weighted by atomic mass is 35.5. The zero-order valence-corrected chi connectivity index (χ0v) is 17.2. The summed E-state index contributed by atoms with van der Waals surface area (Å²) in [6.45, 7) is 1.83. The fourth-order valence-electron chi connectivity index (χ4n) is 3.44. The van der Waals surface area contributed by atoms with Crippen molar-refractivity contribution in [2.75, 3.05) is 0 Å². The summed E-state index contributed by atoms with van der Waals surface area (Å²) in [5.41, 5.74) is 7.76. The molecule has 0 radical (unpaired) electrons. The van der Waals surface area contributed by atoms with Gasteiger partial charge in [0.05, 0.1) is 5.39 Å². The lowest BCUT2D eigenvalue weighted by atomic mass is 10.1. The largest absolute Gasteiger partial charge is 0.368 e. The van der Waals surface area contributed by atoms with Gasteiger partial charge in [-0.1, -0.05) is 61.0 Å². The lowest BCUT2D eigenvalue weighted by molar-refractivity contribution is -0.121. The third kappa shape index (κ3) is 3.45. The highest BCUT2D eigenvalue weighted by molar-refractivity contribution is 7.17. The van der Waals surface area contributed by atoms with E-state index in [2.05, 4.69) is 0 Å². The number of amides is 1. The molecule has 0 aliphatic carbocycles. The van der Waals surface area contributed by atoms with Gasteiger partial charge in [0.2, 0.25) is 5.91 Å². The van der Waals surface area contributed by atoms with E-state index in [-0.39, 0.29) is 5.56 Å². The second-order valence-corrected chi connectivity index (χ2v) is 7.93. The van der Waals surface area contributed by atoms with Gasteiger partial charge in [-0.25, -0.2) is 4.98 Å².